The third-order valence-corrected chi connectivity index (χ3v) is 5.09. The van der Waals surface area contributed by atoms with Crippen LogP contribution in [0.25, 0.3) is 0 Å². The molecule has 15 heavy (non-hydrogen) atoms. The fourth-order valence-electron chi connectivity index (χ4n) is 0.925. The van der Waals surface area contributed by atoms with Gasteiger partial charge in [-0.1, -0.05) is 0 Å². The van der Waals surface area contributed by atoms with Gasteiger partial charge in [-0.3, -0.25) is 0 Å². The minimum Gasteiger partial charge on any atom is -0.504 e. The Morgan fingerprint density at radius 2 is 1.60 bits per heavy atom. The van der Waals surface area contributed by atoms with Gasteiger partial charge in [0.25, 0.3) is 0 Å². The van der Waals surface area contributed by atoms with E-state index in [2.05, 4.69) is 52.5 Å². The van der Waals surface area contributed by atoms with E-state index in [0.29, 0.717) is 8.95 Å². The van der Waals surface area contributed by atoms with Gasteiger partial charge in [0.15, 0.2) is 11.5 Å². The van der Waals surface area contributed by atoms with Crippen molar-refractivity contribution in [3.8, 4) is 11.5 Å². The highest BCUT2D eigenvalue weighted by atomic mass is 79.9. The van der Waals surface area contributed by atoms with Gasteiger partial charge in [-0.25, -0.2) is 4.79 Å². The Hall–Kier alpha value is -0.270. The number of esters is 1. The normalized spacial score (nSPS) is 10.1. The van der Waals surface area contributed by atoms with Crippen LogP contribution in [0.4, 0.5) is 0 Å². The van der Waals surface area contributed by atoms with Gasteiger partial charge in [0, 0.05) is 0 Å². The van der Waals surface area contributed by atoms with E-state index in [-0.39, 0.29) is 10.0 Å². The van der Waals surface area contributed by atoms with Crippen LogP contribution in [0.2, 0.25) is 0 Å². The Labute approximate surface area is 111 Å². The molecule has 7 heteroatoms. The van der Waals surface area contributed by atoms with Crippen molar-refractivity contribution in [3.63, 3.8) is 0 Å². The number of methoxy groups -OCH3 is 1. The van der Waals surface area contributed by atoms with Crippen LogP contribution < -0.4 is 0 Å². The highest BCUT2D eigenvalue weighted by Gasteiger charge is 2.24. The van der Waals surface area contributed by atoms with Crippen LogP contribution in [0, 0.1) is 0 Å². The SMILES string of the molecule is COC(=O)c1c(O)c(O)c(Br)c(Br)c1Br. The minimum absolute atomic E-state index is 0.134. The number of phenolic OH excluding ortho intramolecular Hbond substituents is 2. The molecule has 1 aromatic carbocycles. The Morgan fingerprint density at radius 3 is 2.07 bits per heavy atom. The molecule has 0 atom stereocenters. The summed E-state index contributed by atoms with van der Waals surface area (Å²) in [7, 11) is 1.18. The first-order valence-electron chi connectivity index (χ1n) is 3.58. The molecule has 82 valence electrons. The van der Waals surface area contributed by atoms with Crippen molar-refractivity contribution in [1.29, 1.82) is 0 Å². The molecule has 4 nitrogen and oxygen atoms in total. The number of aromatic hydroxyl groups is 2. The minimum atomic E-state index is -0.747. The van der Waals surface area contributed by atoms with Gasteiger partial charge >= 0.3 is 5.97 Å². The zero-order chi connectivity index (χ0) is 11.7. The molecular formula is C8H5Br3O4. The second kappa shape index (κ2) is 4.71. The lowest BCUT2D eigenvalue weighted by atomic mass is 10.2. The van der Waals surface area contributed by atoms with Crippen molar-refractivity contribution in [1.82, 2.24) is 0 Å². The molecule has 2 N–H and O–H groups in total. The number of rotatable bonds is 1. The van der Waals surface area contributed by atoms with Crippen LogP contribution in [0.3, 0.4) is 0 Å². The van der Waals surface area contributed by atoms with E-state index in [1.54, 1.807) is 0 Å². The fraction of sp³-hybridized carbons (Fsp3) is 0.125. The lowest BCUT2D eigenvalue weighted by Gasteiger charge is -2.10. The molecule has 0 saturated heterocycles. The molecule has 1 aromatic rings. The van der Waals surface area contributed by atoms with E-state index < -0.39 is 17.5 Å². The molecule has 0 aromatic heterocycles. The number of carbonyl (C=O) groups excluding carboxylic acids is 1. The van der Waals surface area contributed by atoms with Crippen molar-refractivity contribution < 1.29 is 19.7 Å². The third-order valence-electron chi connectivity index (χ3n) is 1.66. The summed E-state index contributed by atoms with van der Waals surface area (Å²) in [5, 5.41) is 19.0. The number of hydrogen-bond donors (Lipinski definition) is 2. The van der Waals surface area contributed by atoms with Crippen molar-refractivity contribution in [2.45, 2.75) is 0 Å². The lowest BCUT2D eigenvalue weighted by molar-refractivity contribution is 0.0595. The molecule has 0 aliphatic rings. The molecular weight excluding hydrogens is 400 g/mol. The maximum Gasteiger partial charge on any atom is 0.342 e. The lowest BCUT2D eigenvalue weighted by Crippen LogP contribution is -2.03. The molecule has 0 bridgehead atoms. The number of carbonyl (C=O) groups is 1. The van der Waals surface area contributed by atoms with E-state index in [9.17, 15) is 15.0 Å². The summed E-state index contributed by atoms with van der Waals surface area (Å²) in [5.74, 6) is -1.71. The van der Waals surface area contributed by atoms with Crippen molar-refractivity contribution in [3.05, 3.63) is 19.0 Å². The molecule has 0 aliphatic heterocycles. The summed E-state index contributed by atoms with van der Waals surface area (Å²) >= 11 is 9.30. The summed E-state index contributed by atoms with van der Waals surface area (Å²) in [6.45, 7) is 0. The van der Waals surface area contributed by atoms with Crippen LogP contribution in [-0.4, -0.2) is 23.3 Å². The summed E-state index contributed by atoms with van der Waals surface area (Å²) in [5.41, 5.74) is -0.134. The molecule has 0 heterocycles. The molecule has 0 aliphatic carbocycles. The first kappa shape index (κ1) is 12.8. The maximum atomic E-state index is 11.3. The van der Waals surface area contributed by atoms with Gasteiger partial charge in [0.1, 0.15) is 5.56 Å². The summed E-state index contributed by atoms with van der Waals surface area (Å²) in [6.07, 6.45) is 0. The van der Waals surface area contributed by atoms with E-state index >= 15 is 0 Å². The van der Waals surface area contributed by atoms with Gasteiger partial charge in [-0.15, -0.1) is 0 Å². The van der Waals surface area contributed by atoms with Crippen LogP contribution >= 0.6 is 47.8 Å². The van der Waals surface area contributed by atoms with Crippen molar-refractivity contribution >= 4 is 53.8 Å². The highest BCUT2D eigenvalue weighted by molar-refractivity contribution is 9.14. The van der Waals surface area contributed by atoms with Crippen molar-refractivity contribution in [2.75, 3.05) is 7.11 Å². The summed E-state index contributed by atoms with van der Waals surface area (Å²) in [6, 6.07) is 0. The average molecular weight is 405 g/mol. The van der Waals surface area contributed by atoms with Gasteiger partial charge < -0.3 is 14.9 Å². The van der Waals surface area contributed by atoms with E-state index in [0.717, 1.165) is 0 Å². The molecule has 0 unspecified atom stereocenters. The molecule has 0 amide bonds. The monoisotopic (exact) mass is 402 g/mol. The van der Waals surface area contributed by atoms with E-state index in [1.807, 2.05) is 0 Å². The molecule has 0 fully saturated rings. The first-order valence-corrected chi connectivity index (χ1v) is 5.96. The van der Waals surface area contributed by atoms with Crippen molar-refractivity contribution in [2.24, 2.45) is 0 Å². The predicted molar refractivity (Wildman–Crippen MR) is 64.2 cm³/mol. The smallest absolute Gasteiger partial charge is 0.342 e. The maximum absolute atomic E-state index is 11.3. The average Bonchev–Trinajstić information content (AvgIpc) is 2.23. The number of ether oxygens (including phenoxy) is 1. The molecule has 0 saturated carbocycles. The standard InChI is InChI=1S/C8H5Br3O4/c1-15-8(14)2-3(9)4(10)5(11)7(13)6(2)12/h12-13H,1H3. The zero-order valence-corrected chi connectivity index (χ0v) is 12.1. The topological polar surface area (TPSA) is 66.8 Å². The third kappa shape index (κ3) is 2.14. The number of phenols is 2. The largest absolute Gasteiger partial charge is 0.504 e. The Kier molecular flexibility index (Phi) is 4.02. The second-order valence-corrected chi connectivity index (χ2v) is 4.88. The second-order valence-electron chi connectivity index (χ2n) is 2.51. The fourth-order valence-corrected chi connectivity index (χ4v) is 2.51. The first-order chi connectivity index (χ1) is 6.91. The van der Waals surface area contributed by atoms with Crippen LogP contribution in [0.5, 0.6) is 11.5 Å². The number of benzene rings is 1. The van der Waals surface area contributed by atoms with Crippen LogP contribution in [-0.2, 0) is 4.74 Å². The Morgan fingerprint density at radius 1 is 1.07 bits per heavy atom. The predicted octanol–water partition coefficient (Wildman–Crippen LogP) is 3.17. The molecule has 1 rings (SSSR count). The quantitative estimate of drug-likeness (QED) is 0.428. The van der Waals surface area contributed by atoms with E-state index in [4.69, 9.17) is 0 Å². The van der Waals surface area contributed by atoms with Gasteiger partial charge in [0.05, 0.1) is 20.5 Å². The van der Waals surface area contributed by atoms with Crippen LogP contribution in [0.15, 0.2) is 13.4 Å². The zero-order valence-electron chi connectivity index (χ0n) is 7.34. The Balaban J connectivity index is 3.60. The highest BCUT2D eigenvalue weighted by Crippen LogP contribution is 2.46. The number of hydrogen-bond acceptors (Lipinski definition) is 4. The van der Waals surface area contributed by atoms with Gasteiger partial charge in [0.2, 0.25) is 0 Å². The molecule has 0 spiro atoms. The summed E-state index contributed by atoms with van der Waals surface area (Å²) in [4.78, 5) is 11.3. The Bertz CT molecular complexity index is 401. The van der Waals surface area contributed by atoms with Gasteiger partial charge in [-0.2, -0.15) is 0 Å². The van der Waals surface area contributed by atoms with Gasteiger partial charge in [-0.05, 0) is 47.8 Å². The number of halogens is 3. The summed E-state index contributed by atoms with van der Waals surface area (Å²) < 4.78 is 5.44. The van der Waals surface area contributed by atoms with E-state index in [1.165, 1.54) is 7.11 Å². The van der Waals surface area contributed by atoms with Crippen LogP contribution in [0.1, 0.15) is 10.4 Å². The molecule has 0 radical (unpaired) electrons.